The van der Waals surface area contributed by atoms with Gasteiger partial charge in [0.15, 0.2) is 0 Å². The van der Waals surface area contributed by atoms with Crippen molar-refractivity contribution in [2.24, 2.45) is 0 Å². The number of halogens is 4. The number of hydrogen-bond donors (Lipinski definition) is 2. The zero-order valence-electron chi connectivity index (χ0n) is 10.9. The van der Waals surface area contributed by atoms with Gasteiger partial charge in [-0.15, -0.1) is 0 Å². The molecule has 0 aliphatic rings. The van der Waals surface area contributed by atoms with Gasteiger partial charge < -0.3 is 10.3 Å². The quantitative estimate of drug-likeness (QED) is 0.747. The second kappa shape index (κ2) is 6.50. The van der Waals surface area contributed by atoms with E-state index in [1.54, 1.807) is 0 Å². The molecule has 2 aromatic rings. The molecule has 0 saturated carbocycles. The molecule has 1 aromatic carbocycles. The minimum Gasteiger partial charge on any atom is -0.356 e. The number of aromatic amines is 1. The van der Waals surface area contributed by atoms with E-state index in [-0.39, 0.29) is 6.42 Å². The number of fused-ring (bicyclic) bond motifs is 1. The van der Waals surface area contributed by atoms with E-state index in [1.807, 2.05) is 24.3 Å². The average Bonchev–Trinajstić information content (AvgIpc) is 2.70. The first-order valence-electron chi connectivity index (χ1n) is 6.50. The lowest BCUT2D eigenvalue weighted by Gasteiger charge is -2.06. The molecule has 0 aliphatic carbocycles. The molecule has 0 radical (unpaired) electrons. The molecular weight excluding hydrogens is 289 g/mol. The highest BCUT2D eigenvalue weighted by Gasteiger charge is 2.25. The van der Waals surface area contributed by atoms with Gasteiger partial charge in [-0.3, -0.25) is 0 Å². The topological polar surface area (TPSA) is 27.8 Å². The summed E-state index contributed by atoms with van der Waals surface area (Å²) in [4.78, 5) is 3.20. The Labute approximate surface area is 120 Å². The highest BCUT2D eigenvalue weighted by molar-refractivity contribution is 6.36. The number of rotatable bonds is 6. The predicted octanol–water partition coefficient (Wildman–Crippen LogP) is 4.64. The van der Waals surface area contributed by atoms with Crippen LogP contribution in [0.4, 0.5) is 13.2 Å². The molecule has 0 spiro atoms. The maximum atomic E-state index is 12.0. The lowest BCUT2D eigenvalue weighted by Crippen LogP contribution is -2.16. The van der Waals surface area contributed by atoms with Crippen molar-refractivity contribution in [2.45, 2.75) is 32.0 Å². The molecule has 0 fully saturated rings. The molecule has 0 atom stereocenters. The second-order valence-corrected chi connectivity index (χ2v) is 5.09. The molecule has 1 heterocycles. The van der Waals surface area contributed by atoms with Crippen LogP contribution in [0.5, 0.6) is 0 Å². The van der Waals surface area contributed by atoms with Crippen molar-refractivity contribution >= 4 is 22.5 Å². The molecule has 2 N–H and O–H groups in total. The Balaban J connectivity index is 1.77. The van der Waals surface area contributed by atoms with Crippen molar-refractivity contribution < 1.29 is 13.2 Å². The highest BCUT2D eigenvalue weighted by Crippen LogP contribution is 2.27. The van der Waals surface area contributed by atoms with Crippen LogP contribution in [0.1, 0.15) is 25.0 Å². The average molecular weight is 305 g/mol. The fourth-order valence-corrected chi connectivity index (χ4v) is 2.35. The fourth-order valence-electron chi connectivity index (χ4n) is 2.07. The van der Waals surface area contributed by atoms with Crippen molar-refractivity contribution in [3.05, 3.63) is 35.0 Å². The summed E-state index contributed by atoms with van der Waals surface area (Å²) in [5.41, 5.74) is 1.83. The number of aromatic nitrogens is 1. The number of H-pyrrole nitrogens is 1. The molecule has 0 saturated heterocycles. The standard InChI is InChI=1S/C14H16ClF3N2/c15-13-10-5-1-2-6-11(10)20-12(13)9-19-8-4-3-7-14(16,17)18/h1-2,5-6,19-20H,3-4,7-9H2. The number of para-hydroxylation sites is 1. The SMILES string of the molecule is FC(F)(F)CCCCNCc1[nH]c2ccccc2c1Cl. The Hall–Kier alpha value is -1.20. The van der Waals surface area contributed by atoms with Crippen LogP contribution in [0.15, 0.2) is 24.3 Å². The Morgan fingerprint density at radius 3 is 2.60 bits per heavy atom. The summed E-state index contributed by atoms with van der Waals surface area (Å²) in [6.07, 6.45) is -4.13. The van der Waals surface area contributed by atoms with Crippen LogP contribution in [0.3, 0.4) is 0 Å². The van der Waals surface area contributed by atoms with Gasteiger partial charge in [-0.2, -0.15) is 13.2 Å². The van der Waals surface area contributed by atoms with Gasteiger partial charge in [0.2, 0.25) is 0 Å². The van der Waals surface area contributed by atoms with Crippen molar-refractivity contribution in [3.8, 4) is 0 Å². The summed E-state index contributed by atoms with van der Waals surface area (Å²) in [5, 5.41) is 4.74. The van der Waals surface area contributed by atoms with Gasteiger partial charge in [0.05, 0.1) is 5.02 Å². The summed E-state index contributed by atoms with van der Waals surface area (Å²) in [6.45, 7) is 1.07. The molecule has 0 bridgehead atoms. The normalized spacial score (nSPS) is 12.2. The predicted molar refractivity (Wildman–Crippen MR) is 74.9 cm³/mol. The van der Waals surface area contributed by atoms with Gasteiger partial charge in [-0.1, -0.05) is 29.8 Å². The number of nitrogens with one attached hydrogen (secondary N) is 2. The zero-order valence-corrected chi connectivity index (χ0v) is 11.6. The third-order valence-electron chi connectivity index (χ3n) is 3.08. The lowest BCUT2D eigenvalue weighted by molar-refractivity contribution is -0.135. The van der Waals surface area contributed by atoms with Gasteiger partial charge >= 0.3 is 6.18 Å². The first-order chi connectivity index (χ1) is 9.47. The first-order valence-corrected chi connectivity index (χ1v) is 6.88. The van der Waals surface area contributed by atoms with Crippen LogP contribution in [0.2, 0.25) is 5.02 Å². The third-order valence-corrected chi connectivity index (χ3v) is 3.51. The summed E-state index contributed by atoms with van der Waals surface area (Å²) in [6, 6.07) is 7.70. The maximum Gasteiger partial charge on any atom is 0.389 e. The Morgan fingerprint density at radius 2 is 1.90 bits per heavy atom. The van der Waals surface area contributed by atoms with Gasteiger partial charge in [0.25, 0.3) is 0 Å². The van der Waals surface area contributed by atoms with Gasteiger partial charge in [0.1, 0.15) is 0 Å². The fraction of sp³-hybridized carbons (Fsp3) is 0.429. The van der Waals surface area contributed by atoms with Crippen LogP contribution in [-0.4, -0.2) is 17.7 Å². The molecule has 0 aliphatic heterocycles. The van der Waals surface area contributed by atoms with Crippen molar-refractivity contribution in [2.75, 3.05) is 6.54 Å². The zero-order chi connectivity index (χ0) is 14.6. The van der Waals surface area contributed by atoms with Crippen LogP contribution >= 0.6 is 11.6 Å². The number of unbranched alkanes of at least 4 members (excludes halogenated alkanes) is 1. The molecule has 6 heteroatoms. The highest BCUT2D eigenvalue weighted by atomic mass is 35.5. The monoisotopic (exact) mass is 304 g/mol. The summed E-state index contributed by atoms with van der Waals surface area (Å²) in [5.74, 6) is 0. The van der Waals surface area contributed by atoms with E-state index >= 15 is 0 Å². The summed E-state index contributed by atoms with van der Waals surface area (Å²) < 4.78 is 35.9. The van der Waals surface area contributed by atoms with E-state index in [0.717, 1.165) is 16.6 Å². The second-order valence-electron chi connectivity index (χ2n) is 4.71. The van der Waals surface area contributed by atoms with E-state index in [1.165, 1.54) is 0 Å². The third kappa shape index (κ3) is 4.15. The summed E-state index contributed by atoms with van der Waals surface area (Å²) >= 11 is 6.24. The molecular formula is C14H16ClF3N2. The molecule has 2 rings (SSSR count). The van der Waals surface area contributed by atoms with E-state index in [9.17, 15) is 13.2 Å². The molecule has 1 aromatic heterocycles. The number of hydrogen-bond acceptors (Lipinski definition) is 1. The molecule has 20 heavy (non-hydrogen) atoms. The Kier molecular flexibility index (Phi) is 4.94. The van der Waals surface area contributed by atoms with E-state index in [0.29, 0.717) is 24.5 Å². The minimum absolute atomic E-state index is 0.150. The minimum atomic E-state index is -4.06. The number of benzene rings is 1. The van der Waals surface area contributed by atoms with E-state index in [2.05, 4.69) is 10.3 Å². The van der Waals surface area contributed by atoms with E-state index < -0.39 is 12.6 Å². The summed E-state index contributed by atoms with van der Waals surface area (Å²) in [7, 11) is 0. The molecule has 0 amide bonds. The maximum absolute atomic E-state index is 12.0. The lowest BCUT2D eigenvalue weighted by atomic mass is 10.2. The van der Waals surface area contributed by atoms with Crippen LogP contribution < -0.4 is 5.32 Å². The number of alkyl halides is 3. The largest absolute Gasteiger partial charge is 0.389 e. The van der Waals surface area contributed by atoms with Crippen molar-refractivity contribution in [1.29, 1.82) is 0 Å². The van der Waals surface area contributed by atoms with Gasteiger partial charge in [0, 0.05) is 29.6 Å². The molecule has 2 nitrogen and oxygen atoms in total. The Morgan fingerprint density at radius 1 is 1.15 bits per heavy atom. The molecule has 110 valence electrons. The van der Waals surface area contributed by atoms with Crippen molar-refractivity contribution in [3.63, 3.8) is 0 Å². The van der Waals surface area contributed by atoms with Crippen molar-refractivity contribution in [1.82, 2.24) is 10.3 Å². The molecule has 0 unspecified atom stereocenters. The van der Waals surface area contributed by atoms with Crippen LogP contribution in [-0.2, 0) is 6.54 Å². The van der Waals surface area contributed by atoms with Crippen LogP contribution in [0.25, 0.3) is 10.9 Å². The first kappa shape index (κ1) is 15.2. The van der Waals surface area contributed by atoms with Gasteiger partial charge in [-0.25, -0.2) is 0 Å². The van der Waals surface area contributed by atoms with Gasteiger partial charge in [-0.05, 0) is 25.5 Å². The smallest absolute Gasteiger partial charge is 0.356 e. The van der Waals surface area contributed by atoms with Crippen LogP contribution in [0, 0.1) is 0 Å². The Bertz CT molecular complexity index is 563. The van der Waals surface area contributed by atoms with E-state index in [4.69, 9.17) is 11.6 Å².